The van der Waals surface area contributed by atoms with Gasteiger partial charge in [-0.3, -0.25) is 14.5 Å². The number of ether oxygens (including phenoxy) is 2. The molecule has 8 nitrogen and oxygen atoms in total. The lowest BCUT2D eigenvalue weighted by Gasteiger charge is -2.18. The van der Waals surface area contributed by atoms with Crippen molar-refractivity contribution >= 4 is 23.2 Å². The van der Waals surface area contributed by atoms with E-state index in [2.05, 4.69) is 10.6 Å². The maximum atomic E-state index is 12.5. The summed E-state index contributed by atoms with van der Waals surface area (Å²) >= 11 is 0. The van der Waals surface area contributed by atoms with Gasteiger partial charge in [-0.2, -0.15) is 0 Å². The average molecular weight is 423 g/mol. The monoisotopic (exact) mass is 423 g/mol. The van der Waals surface area contributed by atoms with E-state index < -0.39 is 0 Å². The van der Waals surface area contributed by atoms with Crippen molar-refractivity contribution in [2.75, 3.05) is 38.4 Å². The minimum atomic E-state index is -0.280. The minimum Gasteiger partial charge on any atom is -0.494 e. The molecular formula is C23H25N3O5. The van der Waals surface area contributed by atoms with Crippen LogP contribution in [-0.2, 0) is 11.3 Å². The maximum Gasteiger partial charge on any atom is 0.255 e. The fourth-order valence-corrected chi connectivity index (χ4v) is 3.04. The second kappa shape index (κ2) is 10.3. The molecule has 31 heavy (non-hydrogen) atoms. The largest absolute Gasteiger partial charge is 0.494 e. The first kappa shape index (κ1) is 21.9. The molecule has 1 aromatic heterocycles. The summed E-state index contributed by atoms with van der Waals surface area (Å²) in [6, 6.07) is 15.7. The topological polar surface area (TPSA) is 93.0 Å². The van der Waals surface area contributed by atoms with Crippen LogP contribution in [0.5, 0.6) is 11.5 Å². The molecule has 0 bridgehead atoms. The highest BCUT2D eigenvalue weighted by molar-refractivity contribution is 6.05. The summed E-state index contributed by atoms with van der Waals surface area (Å²) in [4.78, 5) is 26.8. The molecule has 2 aromatic carbocycles. The first-order chi connectivity index (χ1) is 15.0. The van der Waals surface area contributed by atoms with Gasteiger partial charge in [-0.25, -0.2) is 0 Å². The number of carbonyl (C=O) groups excluding carboxylic acids is 2. The number of anilines is 2. The van der Waals surface area contributed by atoms with Crippen LogP contribution in [0.1, 0.15) is 16.1 Å². The summed E-state index contributed by atoms with van der Waals surface area (Å²) in [5.41, 5.74) is 1.38. The molecule has 0 unspecified atom stereocenters. The van der Waals surface area contributed by atoms with Crippen molar-refractivity contribution in [1.29, 1.82) is 0 Å². The number of benzene rings is 2. The number of amides is 2. The maximum absolute atomic E-state index is 12.5. The fourth-order valence-electron chi connectivity index (χ4n) is 3.04. The van der Waals surface area contributed by atoms with E-state index in [1.165, 1.54) is 14.2 Å². The van der Waals surface area contributed by atoms with Gasteiger partial charge >= 0.3 is 0 Å². The molecule has 8 heteroatoms. The summed E-state index contributed by atoms with van der Waals surface area (Å²) in [6.07, 6.45) is 1.60. The van der Waals surface area contributed by atoms with Crippen molar-refractivity contribution in [2.24, 2.45) is 0 Å². The highest BCUT2D eigenvalue weighted by atomic mass is 16.5. The number of hydrogen-bond acceptors (Lipinski definition) is 6. The molecule has 0 radical (unpaired) electrons. The standard InChI is InChI=1S/C23H25N3O5/c1-26(14-17-10-7-11-31-17)15-22(27)24-18-12-21(30-3)19(13-20(18)29-2)25-23(28)16-8-5-4-6-9-16/h4-13H,14-15H2,1-3H3,(H,24,27)(H,25,28). The Kier molecular flexibility index (Phi) is 7.29. The Labute approximate surface area is 180 Å². The molecule has 3 aromatic rings. The third-order valence-corrected chi connectivity index (χ3v) is 4.50. The Balaban J connectivity index is 1.72. The van der Waals surface area contributed by atoms with Crippen molar-refractivity contribution in [3.8, 4) is 11.5 Å². The lowest BCUT2D eigenvalue weighted by Crippen LogP contribution is -2.29. The van der Waals surface area contributed by atoms with Crippen LogP contribution in [-0.4, -0.2) is 44.5 Å². The van der Waals surface area contributed by atoms with Crippen molar-refractivity contribution in [3.63, 3.8) is 0 Å². The first-order valence-electron chi connectivity index (χ1n) is 9.63. The van der Waals surface area contributed by atoms with Gasteiger partial charge < -0.3 is 24.5 Å². The Morgan fingerprint density at radius 3 is 2.16 bits per heavy atom. The van der Waals surface area contributed by atoms with E-state index in [1.54, 1.807) is 48.7 Å². The molecule has 2 amide bonds. The Hall–Kier alpha value is -3.78. The van der Waals surface area contributed by atoms with Crippen LogP contribution in [0.2, 0.25) is 0 Å². The zero-order valence-corrected chi connectivity index (χ0v) is 17.7. The van der Waals surface area contributed by atoms with Crippen LogP contribution in [0.4, 0.5) is 11.4 Å². The van der Waals surface area contributed by atoms with Crippen LogP contribution in [0.3, 0.4) is 0 Å². The van der Waals surface area contributed by atoms with Crippen LogP contribution in [0.15, 0.2) is 65.3 Å². The van der Waals surface area contributed by atoms with E-state index in [1.807, 2.05) is 24.1 Å². The van der Waals surface area contributed by atoms with Crippen LogP contribution in [0.25, 0.3) is 0 Å². The predicted molar refractivity (Wildman–Crippen MR) is 118 cm³/mol. The number of furan rings is 1. The molecule has 0 aliphatic rings. The molecule has 0 saturated heterocycles. The van der Waals surface area contributed by atoms with Gasteiger partial charge in [0, 0.05) is 17.7 Å². The third kappa shape index (κ3) is 5.86. The summed E-state index contributed by atoms with van der Waals surface area (Å²) in [7, 11) is 4.80. The molecule has 0 aliphatic heterocycles. The fraction of sp³-hybridized carbons (Fsp3) is 0.217. The normalized spacial score (nSPS) is 10.6. The third-order valence-electron chi connectivity index (χ3n) is 4.50. The van der Waals surface area contributed by atoms with Crippen molar-refractivity contribution in [3.05, 3.63) is 72.2 Å². The van der Waals surface area contributed by atoms with Gasteiger partial charge in [-0.15, -0.1) is 0 Å². The second-order valence-corrected chi connectivity index (χ2v) is 6.87. The number of methoxy groups -OCH3 is 2. The molecule has 3 rings (SSSR count). The molecule has 0 atom stereocenters. The van der Waals surface area contributed by atoms with E-state index in [9.17, 15) is 9.59 Å². The van der Waals surface area contributed by atoms with Gasteiger partial charge in [-0.1, -0.05) is 18.2 Å². The quantitative estimate of drug-likeness (QED) is 0.546. The molecular weight excluding hydrogens is 398 g/mol. The molecule has 0 fully saturated rings. The molecule has 0 spiro atoms. The van der Waals surface area contributed by atoms with Gasteiger partial charge in [0.25, 0.3) is 5.91 Å². The van der Waals surface area contributed by atoms with Gasteiger partial charge in [0.15, 0.2) is 0 Å². The predicted octanol–water partition coefficient (Wildman–Crippen LogP) is 3.62. The summed E-state index contributed by atoms with van der Waals surface area (Å²) < 4.78 is 16.1. The Morgan fingerprint density at radius 1 is 0.935 bits per heavy atom. The Morgan fingerprint density at radius 2 is 1.58 bits per heavy atom. The second-order valence-electron chi connectivity index (χ2n) is 6.87. The smallest absolute Gasteiger partial charge is 0.255 e. The molecule has 2 N–H and O–H groups in total. The van der Waals surface area contributed by atoms with Gasteiger partial charge in [-0.05, 0) is 31.3 Å². The molecule has 1 heterocycles. The molecule has 0 aliphatic carbocycles. The van der Waals surface area contributed by atoms with E-state index in [0.717, 1.165) is 5.76 Å². The Bertz CT molecular complexity index is 1020. The average Bonchev–Trinajstić information content (AvgIpc) is 3.27. The first-order valence-corrected chi connectivity index (χ1v) is 9.63. The molecule has 162 valence electrons. The van der Waals surface area contributed by atoms with Crippen LogP contribution < -0.4 is 20.1 Å². The number of carbonyl (C=O) groups is 2. The lowest BCUT2D eigenvalue weighted by molar-refractivity contribution is -0.117. The summed E-state index contributed by atoms with van der Waals surface area (Å²) in [6.45, 7) is 0.657. The van der Waals surface area contributed by atoms with E-state index >= 15 is 0 Å². The zero-order valence-electron chi connectivity index (χ0n) is 17.7. The summed E-state index contributed by atoms with van der Waals surface area (Å²) in [5, 5.41) is 5.64. The minimum absolute atomic E-state index is 0.151. The number of hydrogen-bond donors (Lipinski definition) is 2. The van der Waals surface area contributed by atoms with E-state index in [0.29, 0.717) is 35.0 Å². The van der Waals surface area contributed by atoms with Crippen molar-refractivity contribution in [2.45, 2.75) is 6.54 Å². The van der Waals surface area contributed by atoms with Crippen LogP contribution in [0, 0.1) is 0 Å². The van der Waals surface area contributed by atoms with Crippen molar-refractivity contribution < 1.29 is 23.5 Å². The number of nitrogens with zero attached hydrogens (tertiary/aromatic N) is 1. The number of nitrogens with one attached hydrogen (secondary N) is 2. The summed E-state index contributed by atoms with van der Waals surface area (Å²) in [5.74, 6) is 1.05. The van der Waals surface area contributed by atoms with Crippen molar-refractivity contribution in [1.82, 2.24) is 4.90 Å². The highest BCUT2D eigenvalue weighted by Crippen LogP contribution is 2.36. The zero-order chi connectivity index (χ0) is 22.2. The van der Waals surface area contributed by atoms with Gasteiger partial charge in [0.1, 0.15) is 17.3 Å². The van der Waals surface area contributed by atoms with Gasteiger partial charge in [0.2, 0.25) is 5.91 Å². The molecule has 0 saturated carbocycles. The van der Waals surface area contributed by atoms with E-state index in [4.69, 9.17) is 13.9 Å². The van der Waals surface area contributed by atoms with Crippen LogP contribution >= 0.6 is 0 Å². The highest BCUT2D eigenvalue weighted by Gasteiger charge is 2.17. The number of likely N-dealkylation sites (N-methyl/N-ethyl adjacent to an activating group) is 1. The lowest BCUT2D eigenvalue weighted by atomic mass is 10.2. The van der Waals surface area contributed by atoms with E-state index in [-0.39, 0.29) is 18.4 Å². The van der Waals surface area contributed by atoms with Gasteiger partial charge in [0.05, 0.1) is 44.9 Å². The number of rotatable bonds is 9. The SMILES string of the molecule is COc1cc(NC(=O)c2ccccc2)c(OC)cc1NC(=O)CN(C)Cc1ccco1.